The molecule has 23 heavy (non-hydrogen) atoms. The predicted molar refractivity (Wildman–Crippen MR) is 84.5 cm³/mol. The maximum absolute atomic E-state index is 14.7. The van der Waals surface area contributed by atoms with Crippen molar-refractivity contribution in [1.82, 2.24) is 0 Å². The van der Waals surface area contributed by atoms with Gasteiger partial charge in [0.15, 0.2) is 0 Å². The Kier molecular flexibility index (Phi) is 5.11. The first kappa shape index (κ1) is 16.7. The SMILES string of the molecule is CCOC(=O)/C(=C(\N)C(F)(F)c1ccccc1)c1ccccc1. The summed E-state index contributed by atoms with van der Waals surface area (Å²) in [5, 5.41) is 0. The van der Waals surface area contributed by atoms with Gasteiger partial charge in [0.25, 0.3) is 0 Å². The van der Waals surface area contributed by atoms with Gasteiger partial charge < -0.3 is 10.5 Å². The largest absolute Gasteiger partial charge is 0.462 e. The maximum Gasteiger partial charge on any atom is 0.340 e. The molecule has 0 amide bonds. The molecule has 2 aromatic rings. The number of rotatable bonds is 5. The molecule has 0 heterocycles. The summed E-state index contributed by atoms with van der Waals surface area (Å²) in [4.78, 5) is 12.2. The first-order valence-electron chi connectivity index (χ1n) is 7.14. The van der Waals surface area contributed by atoms with E-state index in [-0.39, 0.29) is 17.7 Å². The van der Waals surface area contributed by atoms with E-state index in [1.165, 1.54) is 24.3 Å². The fourth-order valence-corrected chi connectivity index (χ4v) is 2.15. The maximum atomic E-state index is 14.7. The number of benzene rings is 2. The Balaban J connectivity index is 2.60. The predicted octanol–water partition coefficient (Wildman–Crippen LogP) is 3.71. The van der Waals surface area contributed by atoms with Gasteiger partial charge in [-0.15, -0.1) is 0 Å². The number of carbonyl (C=O) groups is 1. The van der Waals surface area contributed by atoms with Gasteiger partial charge in [-0.3, -0.25) is 0 Å². The van der Waals surface area contributed by atoms with E-state index in [1.54, 1.807) is 43.3 Å². The standard InChI is InChI=1S/C18H17F2NO2/c1-2-23-17(22)15(13-9-5-3-6-10-13)16(21)18(19,20)14-11-7-4-8-12-14/h3-12H,2,21H2,1H3/b16-15-. The highest BCUT2D eigenvalue weighted by molar-refractivity contribution is 6.17. The number of carbonyl (C=O) groups excluding carboxylic acids is 1. The zero-order chi connectivity index (χ0) is 16.9. The van der Waals surface area contributed by atoms with E-state index < -0.39 is 17.6 Å². The molecule has 0 saturated carbocycles. The summed E-state index contributed by atoms with van der Waals surface area (Å²) in [7, 11) is 0. The van der Waals surface area contributed by atoms with Crippen molar-refractivity contribution < 1.29 is 18.3 Å². The van der Waals surface area contributed by atoms with Crippen LogP contribution in [-0.2, 0) is 15.5 Å². The van der Waals surface area contributed by atoms with E-state index in [1.807, 2.05) is 0 Å². The first-order chi connectivity index (χ1) is 11.0. The topological polar surface area (TPSA) is 52.3 Å². The van der Waals surface area contributed by atoms with Crippen LogP contribution in [0.4, 0.5) is 8.78 Å². The van der Waals surface area contributed by atoms with Gasteiger partial charge in [-0.2, -0.15) is 8.78 Å². The van der Waals surface area contributed by atoms with Crippen LogP contribution in [0.2, 0.25) is 0 Å². The van der Waals surface area contributed by atoms with Crippen LogP contribution < -0.4 is 5.73 Å². The number of allylic oxidation sites excluding steroid dienone is 1. The van der Waals surface area contributed by atoms with E-state index in [9.17, 15) is 13.6 Å². The van der Waals surface area contributed by atoms with Crippen molar-refractivity contribution in [2.75, 3.05) is 6.61 Å². The van der Waals surface area contributed by atoms with Crippen molar-refractivity contribution in [3.8, 4) is 0 Å². The van der Waals surface area contributed by atoms with Gasteiger partial charge in [-0.05, 0) is 12.5 Å². The number of hydrogen-bond donors (Lipinski definition) is 1. The second kappa shape index (κ2) is 7.05. The number of esters is 1. The van der Waals surface area contributed by atoms with Gasteiger partial charge in [-0.1, -0.05) is 60.7 Å². The monoisotopic (exact) mass is 317 g/mol. The number of halogens is 2. The molecule has 0 saturated heterocycles. The molecule has 0 unspecified atom stereocenters. The Morgan fingerprint density at radius 2 is 1.57 bits per heavy atom. The molecular formula is C18H17F2NO2. The average Bonchev–Trinajstić information content (AvgIpc) is 2.57. The molecule has 0 atom stereocenters. The first-order valence-corrected chi connectivity index (χ1v) is 7.14. The number of hydrogen-bond acceptors (Lipinski definition) is 3. The Hall–Kier alpha value is -2.69. The molecule has 0 aliphatic carbocycles. The highest BCUT2D eigenvalue weighted by Gasteiger charge is 2.39. The van der Waals surface area contributed by atoms with Gasteiger partial charge in [0.05, 0.1) is 17.9 Å². The molecule has 2 aromatic carbocycles. The molecule has 120 valence electrons. The molecule has 0 aromatic heterocycles. The zero-order valence-electron chi connectivity index (χ0n) is 12.6. The zero-order valence-corrected chi connectivity index (χ0v) is 12.6. The third-order valence-electron chi connectivity index (χ3n) is 3.29. The molecule has 0 aliphatic heterocycles. The molecule has 2 N–H and O–H groups in total. The highest BCUT2D eigenvalue weighted by Crippen LogP contribution is 2.37. The van der Waals surface area contributed by atoms with Crippen LogP contribution in [0, 0.1) is 0 Å². The summed E-state index contributed by atoms with van der Waals surface area (Å²) in [6, 6.07) is 15.2. The smallest absolute Gasteiger partial charge is 0.340 e. The van der Waals surface area contributed by atoms with Gasteiger partial charge in [0.1, 0.15) is 0 Å². The lowest BCUT2D eigenvalue weighted by Crippen LogP contribution is -2.27. The van der Waals surface area contributed by atoms with Crippen molar-refractivity contribution in [3.05, 3.63) is 77.5 Å². The van der Waals surface area contributed by atoms with E-state index in [0.29, 0.717) is 5.56 Å². The van der Waals surface area contributed by atoms with Crippen LogP contribution in [0.1, 0.15) is 18.1 Å². The fourth-order valence-electron chi connectivity index (χ4n) is 2.15. The Labute approximate surface area is 133 Å². The second-order valence-corrected chi connectivity index (χ2v) is 4.82. The summed E-state index contributed by atoms with van der Waals surface area (Å²) < 4.78 is 34.3. The number of ether oxygens (including phenoxy) is 1. The van der Waals surface area contributed by atoms with Crippen molar-refractivity contribution >= 4 is 11.5 Å². The lowest BCUT2D eigenvalue weighted by Gasteiger charge is -2.20. The van der Waals surface area contributed by atoms with Crippen molar-refractivity contribution in [3.63, 3.8) is 0 Å². The second-order valence-electron chi connectivity index (χ2n) is 4.82. The van der Waals surface area contributed by atoms with E-state index >= 15 is 0 Å². The van der Waals surface area contributed by atoms with Crippen molar-refractivity contribution in [2.24, 2.45) is 5.73 Å². The van der Waals surface area contributed by atoms with E-state index in [0.717, 1.165) is 0 Å². The molecule has 0 radical (unpaired) electrons. The summed E-state index contributed by atoms with van der Waals surface area (Å²) in [6.07, 6.45) is 0. The van der Waals surface area contributed by atoms with Gasteiger partial charge in [-0.25, -0.2) is 4.79 Å². The quantitative estimate of drug-likeness (QED) is 0.675. The lowest BCUT2D eigenvalue weighted by molar-refractivity contribution is -0.136. The Bertz CT molecular complexity index is 697. The average molecular weight is 317 g/mol. The van der Waals surface area contributed by atoms with Crippen LogP contribution in [0.3, 0.4) is 0 Å². The minimum Gasteiger partial charge on any atom is -0.462 e. The van der Waals surface area contributed by atoms with E-state index in [2.05, 4.69) is 0 Å². The number of nitrogens with two attached hydrogens (primary N) is 1. The molecule has 2 rings (SSSR count). The van der Waals surface area contributed by atoms with Crippen LogP contribution in [0.5, 0.6) is 0 Å². The van der Waals surface area contributed by atoms with Crippen molar-refractivity contribution in [2.45, 2.75) is 12.8 Å². The molecule has 0 fully saturated rings. The van der Waals surface area contributed by atoms with Gasteiger partial charge in [0.2, 0.25) is 0 Å². The normalized spacial score (nSPS) is 12.5. The van der Waals surface area contributed by atoms with E-state index in [4.69, 9.17) is 10.5 Å². The Morgan fingerprint density at radius 1 is 1.04 bits per heavy atom. The molecule has 3 nitrogen and oxygen atoms in total. The highest BCUT2D eigenvalue weighted by atomic mass is 19.3. The summed E-state index contributed by atoms with van der Waals surface area (Å²) in [5.41, 5.74) is 4.58. The third-order valence-corrected chi connectivity index (χ3v) is 3.29. The molecule has 5 heteroatoms. The van der Waals surface area contributed by atoms with Crippen LogP contribution in [0.25, 0.3) is 5.57 Å². The molecule has 0 bridgehead atoms. The minimum absolute atomic E-state index is 0.0688. The van der Waals surface area contributed by atoms with Crippen molar-refractivity contribution in [1.29, 1.82) is 0 Å². The molecule has 0 aliphatic rings. The van der Waals surface area contributed by atoms with Crippen LogP contribution in [-0.4, -0.2) is 12.6 Å². The fraction of sp³-hybridized carbons (Fsp3) is 0.167. The summed E-state index contributed by atoms with van der Waals surface area (Å²) in [6.45, 7) is 1.67. The van der Waals surface area contributed by atoms with Crippen LogP contribution in [0.15, 0.2) is 66.4 Å². The van der Waals surface area contributed by atoms with Gasteiger partial charge in [0, 0.05) is 5.56 Å². The number of alkyl halides is 2. The molecule has 0 spiro atoms. The third kappa shape index (κ3) is 3.56. The van der Waals surface area contributed by atoms with Crippen LogP contribution >= 0.6 is 0 Å². The molecular weight excluding hydrogens is 300 g/mol. The van der Waals surface area contributed by atoms with Gasteiger partial charge >= 0.3 is 11.9 Å². The summed E-state index contributed by atoms with van der Waals surface area (Å²) >= 11 is 0. The Morgan fingerprint density at radius 3 is 2.09 bits per heavy atom. The minimum atomic E-state index is -3.49. The summed E-state index contributed by atoms with van der Waals surface area (Å²) in [5.74, 6) is -4.36. The lowest BCUT2D eigenvalue weighted by atomic mass is 9.97.